The van der Waals surface area contributed by atoms with Gasteiger partial charge in [0.15, 0.2) is 4.34 Å². The minimum absolute atomic E-state index is 0.0945. The van der Waals surface area contributed by atoms with Crippen molar-refractivity contribution in [2.45, 2.75) is 4.34 Å². The third-order valence-corrected chi connectivity index (χ3v) is 5.49. The molecule has 0 saturated carbocycles. The van der Waals surface area contributed by atoms with Crippen molar-refractivity contribution in [2.24, 2.45) is 0 Å². The maximum atomic E-state index is 12.8. The number of aromatic nitrogens is 1. The zero-order chi connectivity index (χ0) is 17.8. The molecule has 2 N–H and O–H groups in total. The number of thiazole rings is 1. The molecule has 0 fully saturated rings. The standard InChI is InChI=1S/C16H11ClFN3O2S2/c17-10-3-6-13-12(7-10)19-16(25-13)24-8-14(22)20-21-15(23)9-1-4-11(18)5-2-9/h1-7H,8H2,(H,20,22)(H,21,23). The SMILES string of the molecule is O=C(CSc1nc2cc(Cl)ccc2s1)NNC(=O)c1ccc(F)cc1. The van der Waals surface area contributed by atoms with Crippen molar-refractivity contribution in [3.63, 3.8) is 0 Å². The number of fused-ring (bicyclic) bond motifs is 1. The predicted octanol–water partition coefficient (Wildman–Crippen LogP) is 3.64. The number of thioether (sulfide) groups is 1. The van der Waals surface area contributed by atoms with Crippen LogP contribution in [0.3, 0.4) is 0 Å². The molecule has 0 unspecified atom stereocenters. The molecule has 0 aliphatic carbocycles. The van der Waals surface area contributed by atoms with Gasteiger partial charge in [0.05, 0.1) is 16.0 Å². The van der Waals surface area contributed by atoms with Gasteiger partial charge in [0, 0.05) is 10.6 Å². The minimum Gasteiger partial charge on any atom is -0.272 e. The highest BCUT2D eigenvalue weighted by Gasteiger charge is 2.10. The Morgan fingerprint density at radius 2 is 1.92 bits per heavy atom. The van der Waals surface area contributed by atoms with E-state index >= 15 is 0 Å². The summed E-state index contributed by atoms with van der Waals surface area (Å²) in [6, 6.07) is 10.4. The molecule has 1 aromatic heterocycles. The highest BCUT2D eigenvalue weighted by molar-refractivity contribution is 8.01. The van der Waals surface area contributed by atoms with Crippen LogP contribution in [-0.4, -0.2) is 22.6 Å². The summed E-state index contributed by atoms with van der Waals surface area (Å²) in [4.78, 5) is 28.0. The highest BCUT2D eigenvalue weighted by atomic mass is 35.5. The normalized spacial score (nSPS) is 10.6. The van der Waals surface area contributed by atoms with Gasteiger partial charge in [-0.1, -0.05) is 23.4 Å². The van der Waals surface area contributed by atoms with Crippen molar-refractivity contribution in [1.82, 2.24) is 15.8 Å². The molecule has 0 bridgehead atoms. The van der Waals surface area contributed by atoms with E-state index < -0.39 is 11.7 Å². The van der Waals surface area contributed by atoms with E-state index in [2.05, 4.69) is 15.8 Å². The number of hydrazine groups is 1. The van der Waals surface area contributed by atoms with Gasteiger partial charge < -0.3 is 0 Å². The molecule has 9 heteroatoms. The molecule has 0 saturated heterocycles. The van der Waals surface area contributed by atoms with Gasteiger partial charge in [-0.25, -0.2) is 9.37 Å². The lowest BCUT2D eigenvalue weighted by Gasteiger charge is -2.06. The average molecular weight is 396 g/mol. The van der Waals surface area contributed by atoms with Crippen LogP contribution in [0.4, 0.5) is 4.39 Å². The summed E-state index contributed by atoms with van der Waals surface area (Å²) in [5.74, 6) is -1.24. The second-order valence-electron chi connectivity index (χ2n) is 4.89. The first-order chi connectivity index (χ1) is 12.0. The lowest BCUT2D eigenvalue weighted by Crippen LogP contribution is -2.42. The first kappa shape index (κ1) is 17.7. The Hall–Kier alpha value is -2.16. The van der Waals surface area contributed by atoms with Gasteiger partial charge in [0.1, 0.15) is 5.82 Å². The van der Waals surface area contributed by atoms with Crippen molar-refractivity contribution in [3.05, 3.63) is 58.9 Å². The number of nitrogens with one attached hydrogen (secondary N) is 2. The van der Waals surface area contributed by atoms with Crippen LogP contribution in [-0.2, 0) is 4.79 Å². The zero-order valence-electron chi connectivity index (χ0n) is 12.6. The summed E-state index contributed by atoms with van der Waals surface area (Å²) in [5.41, 5.74) is 5.62. The van der Waals surface area contributed by atoms with Crippen LogP contribution in [0.5, 0.6) is 0 Å². The van der Waals surface area contributed by atoms with E-state index in [1.807, 2.05) is 6.07 Å². The van der Waals surface area contributed by atoms with Crippen LogP contribution < -0.4 is 10.9 Å². The fourth-order valence-corrected chi connectivity index (χ4v) is 3.92. The second-order valence-corrected chi connectivity index (χ2v) is 7.58. The van der Waals surface area contributed by atoms with Crippen molar-refractivity contribution < 1.29 is 14.0 Å². The van der Waals surface area contributed by atoms with E-state index in [1.54, 1.807) is 12.1 Å². The molecule has 3 rings (SSSR count). The first-order valence-electron chi connectivity index (χ1n) is 7.05. The number of rotatable bonds is 4. The summed E-state index contributed by atoms with van der Waals surface area (Å²) < 4.78 is 14.5. The number of carbonyl (C=O) groups excluding carboxylic acids is 2. The molecule has 25 heavy (non-hydrogen) atoms. The molecular weight excluding hydrogens is 385 g/mol. The summed E-state index contributed by atoms with van der Waals surface area (Å²) in [6.07, 6.45) is 0. The van der Waals surface area contributed by atoms with Crippen molar-refractivity contribution >= 4 is 56.7 Å². The maximum Gasteiger partial charge on any atom is 0.269 e. The third-order valence-electron chi connectivity index (χ3n) is 3.08. The third kappa shape index (κ3) is 4.68. The molecule has 0 radical (unpaired) electrons. The number of benzene rings is 2. The van der Waals surface area contributed by atoms with Crippen LogP contribution in [0.15, 0.2) is 46.8 Å². The molecule has 1 heterocycles. The maximum absolute atomic E-state index is 12.8. The fraction of sp³-hybridized carbons (Fsp3) is 0.0625. The van der Waals surface area contributed by atoms with E-state index in [0.29, 0.717) is 5.02 Å². The van der Waals surface area contributed by atoms with Crippen molar-refractivity contribution in [2.75, 3.05) is 5.75 Å². The smallest absolute Gasteiger partial charge is 0.269 e. The predicted molar refractivity (Wildman–Crippen MR) is 97.4 cm³/mol. The lowest BCUT2D eigenvalue weighted by molar-refractivity contribution is -0.119. The molecule has 3 aromatic rings. The van der Waals surface area contributed by atoms with E-state index in [9.17, 15) is 14.0 Å². The summed E-state index contributed by atoms with van der Waals surface area (Å²) in [7, 11) is 0. The topological polar surface area (TPSA) is 71.1 Å². The Morgan fingerprint density at radius 1 is 1.16 bits per heavy atom. The number of amides is 2. The Balaban J connectivity index is 1.50. The highest BCUT2D eigenvalue weighted by Crippen LogP contribution is 2.30. The van der Waals surface area contributed by atoms with Crippen LogP contribution in [0.25, 0.3) is 10.2 Å². The first-order valence-corrected chi connectivity index (χ1v) is 9.23. The number of hydrogen-bond acceptors (Lipinski definition) is 5. The Morgan fingerprint density at radius 3 is 2.68 bits per heavy atom. The molecular formula is C16H11ClFN3O2S2. The van der Waals surface area contributed by atoms with Gasteiger partial charge in [-0.3, -0.25) is 20.4 Å². The minimum atomic E-state index is -0.520. The Kier molecular flexibility index (Phi) is 5.52. The molecule has 0 spiro atoms. The van der Waals surface area contributed by atoms with E-state index in [-0.39, 0.29) is 17.2 Å². The molecule has 128 valence electrons. The lowest BCUT2D eigenvalue weighted by atomic mass is 10.2. The Bertz CT molecular complexity index is 931. The molecule has 0 aliphatic heterocycles. The fourth-order valence-electron chi connectivity index (χ4n) is 1.90. The van der Waals surface area contributed by atoms with E-state index in [1.165, 1.54) is 47.4 Å². The van der Waals surface area contributed by atoms with E-state index in [0.717, 1.165) is 14.6 Å². The van der Waals surface area contributed by atoms with E-state index in [4.69, 9.17) is 11.6 Å². The molecule has 0 aliphatic rings. The van der Waals surface area contributed by atoms with Gasteiger partial charge >= 0.3 is 0 Å². The van der Waals surface area contributed by atoms with Gasteiger partial charge in [-0.2, -0.15) is 0 Å². The number of hydrogen-bond donors (Lipinski definition) is 2. The Labute approximate surface area is 155 Å². The number of halogens is 2. The molecule has 2 amide bonds. The van der Waals surface area contributed by atoms with Crippen LogP contribution in [0, 0.1) is 5.82 Å². The summed E-state index contributed by atoms with van der Waals surface area (Å²) in [6.45, 7) is 0. The largest absolute Gasteiger partial charge is 0.272 e. The summed E-state index contributed by atoms with van der Waals surface area (Å²) in [5, 5.41) is 0.607. The monoisotopic (exact) mass is 395 g/mol. The average Bonchev–Trinajstić information content (AvgIpc) is 3.00. The van der Waals surface area contributed by atoms with Gasteiger partial charge in [0.2, 0.25) is 5.91 Å². The van der Waals surface area contributed by atoms with Crippen LogP contribution in [0.2, 0.25) is 5.02 Å². The summed E-state index contributed by atoms with van der Waals surface area (Å²) >= 11 is 8.64. The molecule has 0 atom stereocenters. The number of nitrogens with zero attached hydrogens (tertiary/aromatic N) is 1. The van der Waals surface area contributed by atoms with Gasteiger partial charge in [-0.15, -0.1) is 11.3 Å². The van der Waals surface area contributed by atoms with Gasteiger partial charge in [-0.05, 0) is 42.5 Å². The quantitative estimate of drug-likeness (QED) is 0.522. The second kappa shape index (κ2) is 7.81. The molecule has 2 aromatic carbocycles. The van der Waals surface area contributed by atoms with Crippen LogP contribution >= 0.6 is 34.7 Å². The van der Waals surface area contributed by atoms with Crippen LogP contribution in [0.1, 0.15) is 10.4 Å². The van der Waals surface area contributed by atoms with Crippen molar-refractivity contribution in [1.29, 1.82) is 0 Å². The van der Waals surface area contributed by atoms with Crippen molar-refractivity contribution in [3.8, 4) is 0 Å². The van der Waals surface area contributed by atoms with Gasteiger partial charge in [0.25, 0.3) is 5.91 Å². The molecule has 5 nitrogen and oxygen atoms in total. The zero-order valence-corrected chi connectivity index (χ0v) is 15.0. The number of carbonyl (C=O) groups is 2.